The van der Waals surface area contributed by atoms with Gasteiger partial charge in [-0.05, 0) is 36.8 Å². The molecule has 0 amide bonds. The molecule has 2 rings (SSSR count). The van der Waals surface area contributed by atoms with Crippen molar-refractivity contribution < 1.29 is 23.1 Å². The number of aryl methyl sites for hydroxylation is 1. The molecule has 1 aromatic rings. The number of methoxy groups -OCH3 is 1. The van der Waals surface area contributed by atoms with Crippen molar-refractivity contribution in [3.63, 3.8) is 0 Å². The lowest BCUT2D eigenvalue weighted by atomic mass is 10.0. The number of hydrogen-bond acceptors (Lipinski definition) is 5. The largest absolute Gasteiger partial charge is 0.495 e. The van der Waals surface area contributed by atoms with Crippen LogP contribution in [0.2, 0.25) is 0 Å². The van der Waals surface area contributed by atoms with Crippen molar-refractivity contribution in [2.24, 2.45) is 0 Å². The van der Waals surface area contributed by atoms with Crippen LogP contribution >= 0.6 is 11.8 Å². The summed E-state index contributed by atoms with van der Waals surface area (Å²) >= 11 is 1.42. The average molecular weight is 331 g/mol. The first-order chi connectivity index (χ1) is 9.81. The molecule has 1 aromatic carbocycles. The van der Waals surface area contributed by atoms with Gasteiger partial charge in [0.2, 0.25) is 10.0 Å². The number of carboxylic acid groups (broad SMARTS) is 1. The quantitative estimate of drug-likeness (QED) is 0.843. The van der Waals surface area contributed by atoms with E-state index >= 15 is 0 Å². The molecule has 0 bridgehead atoms. The van der Waals surface area contributed by atoms with E-state index in [-0.39, 0.29) is 22.8 Å². The molecule has 1 aliphatic rings. The first kappa shape index (κ1) is 16.1. The van der Waals surface area contributed by atoms with Crippen molar-refractivity contribution in [2.45, 2.75) is 23.8 Å². The van der Waals surface area contributed by atoms with E-state index in [1.54, 1.807) is 19.1 Å². The topological polar surface area (TPSA) is 92.7 Å². The second-order valence-corrected chi connectivity index (χ2v) is 7.71. The van der Waals surface area contributed by atoms with E-state index in [1.807, 2.05) is 0 Å². The number of carbonyl (C=O) groups is 1. The minimum atomic E-state index is -3.98. The Hall–Kier alpha value is -1.25. The summed E-state index contributed by atoms with van der Waals surface area (Å²) in [6, 6.07) is 4.76. The maximum absolute atomic E-state index is 12.6. The second-order valence-electron chi connectivity index (χ2n) is 4.95. The van der Waals surface area contributed by atoms with Crippen LogP contribution in [0.15, 0.2) is 23.1 Å². The molecule has 0 saturated carbocycles. The molecular weight excluding hydrogens is 314 g/mol. The van der Waals surface area contributed by atoms with Gasteiger partial charge in [0.15, 0.2) is 0 Å². The Balaban J connectivity index is 2.43. The van der Waals surface area contributed by atoms with Gasteiger partial charge >= 0.3 is 5.97 Å². The fourth-order valence-corrected chi connectivity index (χ4v) is 5.22. The summed E-state index contributed by atoms with van der Waals surface area (Å²) in [5, 5.41) is 9.38. The SMILES string of the molecule is COc1ccc(C)cc1S(=O)(=O)NC1(C(=O)O)CCSC1. The van der Waals surface area contributed by atoms with Crippen molar-refractivity contribution >= 4 is 27.8 Å². The summed E-state index contributed by atoms with van der Waals surface area (Å²) in [4.78, 5) is 11.4. The highest BCUT2D eigenvalue weighted by Gasteiger charge is 2.45. The Kier molecular flexibility index (Phi) is 4.50. The van der Waals surface area contributed by atoms with Crippen LogP contribution in [0.3, 0.4) is 0 Å². The normalized spacial score (nSPS) is 22.2. The number of hydrogen-bond donors (Lipinski definition) is 2. The van der Waals surface area contributed by atoms with Gasteiger partial charge in [0.05, 0.1) is 7.11 Å². The lowest BCUT2D eigenvalue weighted by Crippen LogP contribution is -2.54. The molecule has 1 saturated heterocycles. The van der Waals surface area contributed by atoms with Gasteiger partial charge in [0, 0.05) is 5.75 Å². The van der Waals surface area contributed by atoms with Gasteiger partial charge in [-0.1, -0.05) is 6.07 Å². The molecule has 8 heteroatoms. The Morgan fingerprint density at radius 1 is 1.48 bits per heavy atom. The summed E-state index contributed by atoms with van der Waals surface area (Å²) in [6.45, 7) is 1.76. The van der Waals surface area contributed by atoms with Gasteiger partial charge in [-0.15, -0.1) is 0 Å². The number of thioether (sulfide) groups is 1. The summed E-state index contributed by atoms with van der Waals surface area (Å²) < 4.78 is 32.6. The van der Waals surface area contributed by atoms with E-state index in [1.165, 1.54) is 24.9 Å². The zero-order valence-electron chi connectivity index (χ0n) is 11.8. The standard InChI is InChI=1S/C13H17NO5S2/c1-9-3-4-10(19-2)11(7-9)21(17,18)14-13(12(15)16)5-6-20-8-13/h3-4,7,14H,5-6,8H2,1-2H3,(H,15,16). The molecule has 21 heavy (non-hydrogen) atoms. The number of benzene rings is 1. The third-order valence-corrected chi connectivity index (χ3v) is 6.12. The molecule has 0 aliphatic carbocycles. The highest BCUT2D eigenvalue weighted by atomic mass is 32.2. The smallest absolute Gasteiger partial charge is 0.325 e. The third kappa shape index (κ3) is 3.17. The van der Waals surface area contributed by atoms with Crippen LogP contribution in [-0.4, -0.2) is 43.6 Å². The monoisotopic (exact) mass is 331 g/mol. The molecule has 0 aromatic heterocycles. The lowest BCUT2D eigenvalue weighted by molar-refractivity contribution is -0.142. The van der Waals surface area contributed by atoms with E-state index in [4.69, 9.17) is 4.74 Å². The van der Waals surface area contributed by atoms with Gasteiger partial charge in [0.1, 0.15) is 16.2 Å². The van der Waals surface area contributed by atoms with Crippen molar-refractivity contribution in [1.29, 1.82) is 0 Å². The number of carboxylic acids is 1. The van der Waals surface area contributed by atoms with Crippen LogP contribution in [0.25, 0.3) is 0 Å². The minimum absolute atomic E-state index is 0.0393. The molecule has 1 atom stereocenters. The Labute approximate surface area is 127 Å². The predicted octanol–water partition coefficient (Wildman–Crippen LogP) is 1.24. The Bertz CT molecular complexity index is 651. The summed E-state index contributed by atoms with van der Waals surface area (Å²) in [7, 11) is -2.60. The van der Waals surface area contributed by atoms with Crippen molar-refractivity contribution in [3.8, 4) is 5.75 Å². The maximum atomic E-state index is 12.6. The predicted molar refractivity (Wildman–Crippen MR) is 80.4 cm³/mol. The minimum Gasteiger partial charge on any atom is -0.495 e. The molecule has 116 valence electrons. The second kappa shape index (κ2) is 5.86. The maximum Gasteiger partial charge on any atom is 0.325 e. The zero-order chi connectivity index (χ0) is 15.7. The molecule has 1 aliphatic heterocycles. The molecule has 0 radical (unpaired) electrons. The molecule has 1 unspecified atom stereocenters. The number of aliphatic carboxylic acids is 1. The van der Waals surface area contributed by atoms with Crippen molar-refractivity contribution in [2.75, 3.05) is 18.6 Å². The first-order valence-corrected chi connectivity index (χ1v) is 8.94. The fourth-order valence-electron chi connectivity index (χ4n) is 2.16. The van der Waals surface area contributed by atoms with Crippen LogP contribution in [0, 0.1) is 6.92 Å². The summed E-state index contributed by atoms with van der Waals surface area (Å²) in [5.41, 5.74) is -0.695. The van der Waals surface area contributed by atoms with E-state index < -0.39 is 21.5 Å². The highest BCUT2D eigenvalue weighted by Crippen LogP contribution is 2.32. The number of rotatable bonds is 5. The molecule has 1 heterocycles. The van der Waals surface area contributed by atoms with Gasteiger partial charge in [-0.3, -0.25) is 4.79 Å². The molecule has 1 fully saturated rings. The molecule has 2 N–H and O–H groups in total. The van der Waals surface area contributed by atoms with Crippen LogP contribution in [0.5, 0.6) is 5.75 Å². The summed E-state index contributed by atoms with van der Waals surface area (Å²) in [6.07, 6.45) is 0.264. The highest BCUT2D eigenvalue weighted by molar-refractivity contribution is 7.99. The Morgan fingerprint density at radius 3 is 2.71 bits per heavy atom. The van der Waals surface area contributed by atoms with Gasteiger partial charge in [0.25, 0.3) is 0 Å². The van der Waals surface area contributed by atoms with E-state index in [9.17, 15) is 18.3 Å². The fraction of sp³-hybridized carbons (Fsp3) is 0.462. The first-order valence-electron chi connectivity index (χ1n) is 6.30. The average Bonchev–Trinajstić information content (AvgIpc) is 2.88. The number of ether oxygens (including phenoxy) is 1. The van der Waals surface area contributed by atoms with E-state index in [2.05, 4.69) is 4.72 Å². The summed E-state index contributed by atoms with van der Waals surface area (Å²) in [5.74, 6) is -0.128. The third-order valence-electron chi connectivity index (χ3n) is 3.37. The van der Waals surface area contributed by atoms with Crippen LogP contribution in [0.1, 0.15) is 12.0 Å². The molecule has 0 spiro atoms. The van der Waals surface area contributed by atoms with Crippen LogP contribution < -0.4 is 9.46 Å². The van der Waals surface area contributed by atoms with Crippen LogP contribution in [-0.2, 0) is 14.8 Å². The molecular formula is C13H17NO5S2. The van der Waals surface area contributed by atoms with E-state index in [0.29, 0.717) is 5.75 Å². The van der Waals surface area contributed by atoms with Crippen molar-refractivity contribution in [1.82, 2.24) is 4.72 Å². The van der Waals surface area contributed by atoms with Crippen molar-refractivity contribution in [3.05, 3.63) is 23.8 Å². The number of sulfonamides is 1. The molecule has 6 nitrogen and oxygen atoms in total. The number of nitrogens with one attached hydrogen (secondary N) is 1. The van der Waals surface area contributed by atoms with Gasteiger partial charge in [-0.2, -0.15) is 16.5 Å². The lowest BCUT2D eigenvalue weighted by Gasteiger charge is -2.24. The zero-order valence-corrected chi connectivity index (χ0v) is 13.4. The van der Waals surface area contributed by atoms with Crippen LogP contribution in [0.4, 0.5) is 0 Å². The van der Waals surface area contributed by atoms with Gasteiger partial charge in [-0.25, -0.2) is 8.42 Å². The van der Waals surface area contributed by atoms with E-state index in [0.717, 1.165) is 5.56 Å². The van der Waals surface area contributed by atoms with Gasteiger partial charge < -0.3 is 9.84 Å². The Morgan fingerprint density at radius 2 is 2.19 bits per heavy atom.